The predicted octanol–water partition coefficient (Wildman–Crippen LogP) is 4.77. The zero-order valence-electron chi connectivity index (χ0n) is 20.5. The average molecular weight is 449 g/mol. The van der Waals surface area contributed by atoms with Gasteiger partial charge < -0.3 is 28.4 Å². The number of ether oxygens (including phenoxy) is 6. The largest absolute Gasteiger partial charge is 0.348 e. The van der Waals surface area contributed by atoms with Crippen molar-refractivity contribution in [2.24, 2.45) is 0 Å². The van der Waals surface area contributed by atoms with Crippen LogP contribution >= 0.6 is 0 Å². The number of rotatable bonds is 8. The van der Waals surface area contributed by atoms with Gasteiger partial charge >= 0.3 is 0 Å². The van der Waals surface area contributed by atoms with Crippen LogP contribution in [-0.2, 0) is 41.3 Å². The van der Waals surface area contributed by atoms with E-state index in [-0.39, 0.29) is 24.4 Å². The minimum absolute atomic E-state index is 0.0182. The molecule has 3 fully saturated rings. The molecule has 32 heavy (non-hydrogen) atoms. The van der Waals surface area contributed by atoms with Crippen molar-refractivity contribution in [2.75, 3.05) is 13.2 Å². The van der Waals surface area contributed by atoms with Crippen LogP contribution < -0.4 is 0 Å². The van der Waals surface area contributed by atoms with Crippen LogP contribution in [0.2, 0.25) is 0 Å². The highest BCUT2D eigenvalue weighted by Crippen LogP contribution is 2.37. The first-order valence-corrected chi connectivity index (χ1v) is 12.1. The van der Waals surface area contributed by atoms with E-state index in [0.717, 1.165) is 32.1 Å². The third-order valence-corrected chi connectivity index (χ3v) is 6.42. The second-order valence-electron chi connectivity index (χ2n) is 10.7. The second kappa shape index (κ2) is 9.32. The van der Waals surface area contributed by atoms with Gasteiger partial charge in [-0.2, -0.15) is 0 Å². The molecule has 0 spiro atoms. The third-order valence-electron chi connectivity index (χ3n) is 6.42. The van der Waals surface area contributed by atoms with Crippen molar-refractivity contribution in [2.45, 2.75) is 115 Å². The quantitative estimate of drug-likeness (QED) is 0.571. The van der Waals surface area contributed by atoms with Crippen LogP contribution in [0.3, 0.4) is 0 Å². The van der Waals surface area contributed by atoms with Crippen molar-refractivity contribution in [1.82, 2.24) is 0 Å². The summed E-state index contributed by atoms with van der Waals surface area (Å²) in [4.78, 5) is 0. The first kappa shape index (κ1) is 24.1. The summed E-state index contributed by atoms with van der Waals surface area (Å²) in [5.41, 5.74) is 2.70. The van der Waals surface area contributed by atoms with Gasteiger partial charge in [-0.25, -0.2) is 0 Å². The van der Waals surface area contributed by atoms with Crippen LogP contribution in [0.5, 0.6) is 0 Å². The van der Waals surface area contributed by atoms with Crippen LogP contribution in [0.15, 0.2) is 24.3 Å². The fourth-order valence-corrected chi connectivity index (χ4v) is 4.89. The first-order chi connectivity index (χ1) is 15.0. The van der Waals surface area contributed by atoms with Gasteiger partial charge in [-0.15, -0.1) is 0 Å². The van der Waals surface area contributed by atoms with Gasteiger partial charge in [0.1, 0.15) is 12.2 Å². The summed E-state index contributed by atoms with van der Waals surface area (Å²) in [5, 5.41) is 0. The van der Waals surface area contributed by atoms with Gasteiger partial charge in [-0.05, 0) is 84.8 Å². The Hall–Kier alpha value is -1.02. The number of hydrogen-bond donors (Lipinski definition) is 0. The topological polar surface area (TPSA) is 55.4 Å². The smallest absolute Gasteiger partial charge is 0.163 e. The van der Waals surface area contributed by atoms with E-state index < -0.39 is 17.4 Å². The fourth-order valence-electron chi connectivity index (χ4n) is 4.89. The van der Waals surface area contributed by atoms with Crippen molar-refractivity contribution in [3.05, 3.63) is 35.4 Å². The van der Waals surface area contributed by atoms with Crippen molar-refractivity contribution in [3.8, 4) is 0 Å². The molecule has 3 saturated heterocycles. The molecular weight excluding hydrogens is 408 g/mol. The maximum Gasteiger partial charge on any atom is 0.163 e. The molecule has 1 aromatic rings. The number of benzene rings is 1. The minimum atomic E-state index is -0.587. The minimum Gasteiger partial charge on any atom is -0.348 e. The van der Waals surface area contributed by atoms with E-state index in [2.05, 4.69) is 24.3 Å². The van der Waals surface area contributed by atoms with Crippen molar-refractivity contribution >= 4 is 0 Å². The second-order valence-corrected chi connectivity index (χ2v) is 10.7. The van der Waals surface area contributed by atoms with Crippen LogP contribution in [0.1, 0.15) is 71.9 Å². The van der Waals surface area contributed by atoms with Crippen molar-refractivity contribution in [1.29, 1.82) is 0 Å². The van der Waals surface area contributed by atoms with Gasteiger partial charge in [0, 0.05) is 0 Å². The summed E-state index contributed by atoms with van der Waals surface area (Å²) in [7, 11) is 0. The van der Waals surface area contributed by atoms with Gasteiger partial charge in [0.15, 0.2) is 17.4 Å². The van der Waals surface area contributed by atoms with Gasteiger partial charge in [0.2, 0.25) is 0 Å². The summed E-state index contributed by atoms with van der Waals surface area (Å²) in [6, 6.07) is 8.97. The molecule has 4 atom stereocenters. The molecule has 1 aromatic carbocycles. The normalized spacial score (nSPS) is 33.1. The van der Waals surface area contributed by atoms with E-state index in [1.807, 2.05) is 41.5 Å². The van der Waals surface area contributed by atoms with Crippen molar-refractivity contribution < 1.29 is 28.4 Å². The lowest BCUT2D eigenvalue weighted by molar-refractivity contribution is -0.174. The third kappa shape index (κ3) is 6.31. The molecule has 0 radical (unpaired) electrons. The Morgan fingerprint density at radius 3 is 1.91 bits per heavy atom. The Balaban J connectivity index is 1.23. The van der Waals surface area contributed by atoms with Crippen LogP contribution in [-0.4, -0.2) is 55.0 Å². The lowest BCUT2D eigenvalue weighted by Gasteiger charge is -2.23. The van der Waals surface area contributed by atoms with Gasteiger partial charge in [-0.1, -0.05) is 24.3 Å². The van der Waals surface area contributed by atoms with Gasteiger partial charge in [0.25, 0.3) is 0 Å². The van der Waals surface area contributed by atoms with Crippen molar-refractivity contribution in [3.63, 3.8) is 0 Å². The molecular formula is C26H40O6. The van der Waals surface area contributed by atoms with E-state index in [4.69, 9.17) is 28.4 Å². The summed E-state index contributed by atoms with van der Waals surface area (Å²) in [6.45, 7) is 13.0. The highest BCUT2D eigenvalue weighted by Gasteiger charge is 2.49. The molecule has 0 amide bonds. The summed E-state index contributed by atoms with van der Waals surface area (Å²) < 4.78 is 35.8. The van der Waals surface area contributed by atoms with Gasteiger partial charge in [0.05, 0.1) is 25.4 Å². The average Bonchev–Trinajstić information content (AvgIpc) is 3.35. The highest BCUT2D eigenvalue weighted by molar-refractivity contribution is 5.23. The molecule has 0 aliphatic carbocycles. The van der Waals surface area contributed by atoms with Gasteiger partial charge in [-0.3, -0.25) is 0 Å². The highest BCUT2D eigenvalue weighted by atomic mass is 16.8. The standard InChI is InChI=1S/C26H40O6/c1-24(2)27-16-20(29-24)15-14-19-12-10-18(11-13-19)8-7-9-21-23(32-26(5,6)30-21)22-17-28-25(3,4)31-22/h10-13,20-23H,7-9,14-17H2,1-6H3/t20-,21+,22+,23-/m0/s1. The molecule has 0 aromatic heterocycles. The molecule has 3 aliphatic rings. The Morgan fingerprint density at radius 1 is 0.688 bits per heavy atom. The lowest BCUT2D eigenvalue weighted by atomic mass is 9.99. The Labute approximate surface area is 192 Å². The summed E-state index contributed by atoms with van der Waals surface area (Å²) >= 11 is 0. The summed E-state index contributed by atoms with van der Waals surface area (Å²) in [5.74, 6) is -1.58. The van der Waals surface area contributed by atoms with Crippen LogP contribution in [0.25, 0.3) is 0 Å². The zero-order chi connectivity index (χ0) is 23.0. The summed E-state index contributed by atoms with van der Waals surface area (Å²) in [6.07, 6.45) is 5.02. The lowest BCUT2D eigenvalue weighted by Crippen LogP contribution is -2.38. The number of hydrogen-bond acceptors (Lipinski definition) is 6. The SMILES string of the molecule is CC1(C)OC[C@H](CCc2ccc(CCC[C@H]3OC(C)(C)O[C@@H]3[C@H]3COC(C)(C)O3)cc2)O1. The number of aryl methyl sites for hydroxylation is 2. The Morgan fingerprint density at radius 2 is 1.31 bits per heavy atom. The zero-order valence-corrected chi connectivity index (χ0v) is 20.5. The van der Waals surface area contributed by atoms with Crippen LogP contribution in [0.4, 0.5) is 0 Å². The van der Waals surface area contributed by atoms with E-state index in [1.165, 1.54) is 11.1 Å². The molecule has 0 bridgehead atoms. The Bertz CT molecular complexity index is 756. The molecule has 0 saturated carbocycles. The molecule has 3 aliphatic heterocycles. The van der Waals surface area contributed by atoms with E-state index in [0.29, 0.717) is 13.2 Å². The van der Waals surface area contributed by atoms with E-state index >= 15 is 0 Å². The molecule has 180 valence electrons. The first-order valence-electron chi connectivity index (χ1n) is 12.1. The van der Waals surface area contributed by atoms with E-state index in [1.54, 1.807) is 0 Å². The predicted molar refractivity (Wildman–Crippen MR) is 121 cm³/mol. The molecule has 0 N–H and O–H groups in total. The Kier molecular flexibility index (Phi) is 7.02. The molecule has 4 rings (SSSR count). The monoisotopic (exact) mass is 448 g/mol. The maximum absolute atomic E-state index is 6.21. The fraction of sp³-hybridized carbons (Fsp3) is 0.769. The van der Waals surface area contributed by atoms with E-state index in [9.17, 15) is 0 Å². The molecule has 6 nitrogen and oxygen atoms in total. The molecule has 3 heterocycles. The maximum atomic E-state index is 6.21. The van der Waals surface area contributed by atoms with Crippen LogP contribution in [0, 0.1) is 0 Å². The molecule has 6 heteroatoms. The molecule has 0 unspecified atom stereocenters.